The predicted octanol–water partition coefficient (Wildman–Crippen LogP) is 3.51. The highest BCUT2D eigenvalue weighted by atomic mass is 16.5. The third-order valence-corrected chi connectivity index (χ3v) is 7.19. The number of hydrogen-bond donors (Lipinski definition) is 3. The number of ether oxygens (including phenoxy) is 3. The second-order valence-corrected chi connectivity index (χ2v) is 10.5. The Morgan fingerprint density at radius 1 is 0.976 bits per heavy atom. The lowest BCUT2D eigenvalue weighted by atomic mass is 9.95. The molecular formula is C31H44N4O6. The van der Waals surface area contributed by atoms with Gasteiger partial charge in [-0.05, 0) is 74.7 Å². The van der Waals surface area contributed by atoms with Crippen LogP contribution in [-0.2, 0) is 16.0 Å². The number of aryl methyl sites for hydroxylation is 1. The highest BCUT2D eigenvalue weighted by Crippen LogP contribution is 2.50. The van der Waals surface area contributed by atoms with Crippen LogP contribution in [0.3, 0.4) is 0 Å². The molecule has 0 unspecified atom stereocenters. The summed E-state index contributed by atoms with van der Waals surface area (Å²) in [5, 5.41) is 9.23. The SMILES string of the molecule is COc1cc2c(c(OC)c1OC)-c1ccc(NCCCCCC(=O)NCCN(C)C)c(=O)cc1[C@@H](NC(C)=O)CC2. The first-order valence-corrected chi connectivity index (χ1v) is 14.1. The Morgan fingerprint density at radius 3 is 2.39 bits per heavy atom. The number of amides is 2. The molecular weight excluding hydrogens is 524 g/mol. The van der Waals surface area contributed by atoms with Gasteiger partial charge in [0.1, 0.15) is 0 Å². The molecule has 0 spiro atoms. The Balaban J connectivity index is 1.83. The molecule has 2 aromatic carbocycles. The molecule has 0 aliphatic heterocycles. The topological polar surface area (TPSA) is 118 Å². The number of nitrogens with one attached hydrogen (secondary N) is 3. The van der Waals surface area contributed by atoms with Crippen molar-refractivity contribution in [2.24, 2.45) is 0 Å². The zero-order valence-corrected chi connectivity index (χ0v) is 25.1. The number of anilines is 1. The Bertz CT molecular complexity index is 1280. The van der Waals surface area contributed by atoms with E-state index in [0.29, 0.717) is 55.3 Å². The number of carbonyl (C=O) groups excluding carboxylic acids is 2. The van der Waals surface area contributed by atoms with Gasteiger partial charge in [-0.1, -0.05) is 12.5 Å². The van der Waals surface area contributed by atoms with Crippen molar-refractivity contribution in [3.63, 3.8) is 0 Å². The maximum atomic E-state index is 13.4. The molecule has 1 aliphatic carbocycles. The van der Waals surface area contributed by atoms with Crippen molar-refractivity contribution >= 4 is 17.5 Å². The molecule has 3 N–H and O–H groups in total. The summed E-state index contributed by atoms with van der Waals surface area (Å²) in [4.78, 5) is 39.5. The van der Waals surface area contributed by atoms with Gasteiger partial charge in [-0.2, -0.15) is 0 Å². The lowest BCUT2D eigenvalue weighted by molar-refractivity contribution is -0.121. The van der Waals surface area contributed by atoms with Crippen molar-refractivity contribution in [1.82, 2.24) is 15.5 Å². The van der Waals surface area contributed by atoms with Crippen molar-refractivity contribution < 1.29 is 23.8 Å². The molecule has 10 nitrogen and oxygen atoms in total. The van der Waals surface area contributed by atoms with E-state index in [-0.39, 0.29) is 23.3 Å². The number of likely N-dealkylation sites (N-methyl/N-ethyl adjacent to an activating group) is 1. The largest absolute Gasteiger partial charge is 0.493 e. The van der Waals surface area contributed by atoms with E-state index in [1.165, 1.54) is 6.92 Å². The first-order chi connectivity index (χ1) is 19.7. The van der Waals surface area contributed by atoms with Crippen LogP contribution in [0.4, 0.5) is 5.69 Å². The van der Waals surface area contributed by atoms with Crippen LogP contribution < -0.4 is 35.6 Å². The van der Waals surface area contributed by atoms with Gasteiger partial charge in [-0.25, -0.2) is 0 Å². The van der Waals surface area contributed by atoms with E-state index in [1.54, 1.807) is 33.5 Å². The summed E-state index contributed by atoms with van der Waals surface area (Å²) in [5.41, 5.74) is 3.63. The number of unbranched alkanes of at least 4 members (excludes halogenated alkanes) is 2. The number of methoxy groups -OCH3 is 3. The van der Waals surface area contributed by atoms with E-state index in [4.69, 9.17) is 14.2 Å². The minimum absolute atomic E-state index is 0.0666. The molecule has 0 saturated heterocycles. The van der Waals surface area contributed by atoms with Gasteiger partial charge in [0.15, 0.2) is 11.5 Å². The van der Waals surface area contributed by atoms with Crippen molar-refractivity contribution in [2.45, 2.75) is 51.5 Å². The van der Waals surface area contributed by atoms with Crippen LogP contribution >= 0.6 is 0 Å². The average Bonchev–Trinajstić information content (AvgIpc) is 3.17. The van der Waals surface area contributed by atoms with Crippen LogP contribution in [0.2, 0.25) is 0 Å². The zero-order chi connectivity index (χ0) is 29.9. The Kier molecular flexibility index (Phi) is 11.8. The molecule has 0 aromatic heterocycles. The van der Waals surface area contributed by atoms with E-state index in [1.807, 2.05) is 31.1 Å². The monoisotopic (exact) mass is 568 g/mol. The Morgan fingerprint density at radius 2 is 1.73 bits per heavy atom. The molecule has 0 fully saturated rings. The van der Waals surface area contributed by atoms with Crippen molar-refractivity contribution in [2.75, 3.05) is 60.4 Å². The van der Waals surface area contributed by atoms with Gasteiger partial charge in [-0.15, -0.1) is 0 Å². The molecule has 41 heavy (non-hydrogen) atoms. The summed E-state index contributed by atoms with van der Waals surface area (Å²) >= 11 is 0. The summed E-state index contributed by atoms with van der Waals surface area (Å²) in [7, 11) is 8.67. The van der Waals surface area contributed by atoms with E-state index in [9.17, 15) is 14.4 Å². The number of rotatable bonds is 14. The minimum Gasteiger partial charge on any atom is -0.493 e. The van der Waals surface area contributed by atoms with Gasteiger partial charge in [0.05, 0.1) is 33.1 Å². The number of carbonyl (C=O) groups is 2. The van der Waals surface area contributed by atoms with Crippen LogP contribution in [0.5, 0.6) is 17.2 Å². The second kappa shape index (κ2) is 15.3. The lowest BCUT2D eigenvalue weighted by Crippen LogP contribution is -2.31. The van der Waals surface area contributed by atoms with Crippen LogP contribution in [0.1, 0.15) is 56.2 Å². The molecule has 3 rings (SSSR count). The molecule has 0 bridgehead atoms. The minimum atomic E-state index is -0.353. The number of hydrogen-bond acceptors (Lipinski definition) is 8. The van der Waals surface area contributed by atoms with Crippen LogP contribution in [0.15, 0.2) is 29.1 Å². The van der Waals surface area contributed by atoms with Crippen LogP contribution in [0.25, 0.3) is 11.1 Å². The summed E-state index contributed by atoms with van der Waals surface area (Å²) in [5.74, 6) is 1.44. The fourth-order valence-electron chi connectivity index (χ4n) is 5.17. The van der Waals surface area contributed by atoms with Crippen LogP contribution in [0, 0.1) is 0 Å². The first-order valence-electron chi connectivity index (χ1n) is 14.1. The van der Waals surface area contributed by atoms with E-state index in [0.717, 1.165) is 48.1 Å². The third-order valence-electron chi connectivity index (χ3n) is 7.19. The fraction of sp³-hybridized carbons (Fsp3) is 0.516. The molecule has 0 radical (unpaired) electrons. The van der Waals surface area contributed by atoms with Gasteiger partial charge in [-0.3, -0.25) is 14.4 Å². The Labute approximate surface area is 242 Å². The van der Waals surface area contributed by atoms with Crippen LogP contribution in [-0.4, -0.2) is 71.8 Å². The quantitative estimate of drug-likeness (QED) is 0.297. The van der Waals surface area contributed by atoms with E-state index < -0.39 is 0 Å². The van der Waals surface area contributed by atoms with Crippen molar-refractivity contribution in [3.05, 3.63) is 45.6 Å². The summed E-state index contributed by atoms with van der Waals surface area (Å²) in [6, 6.07) is 6.89. The number of benzene rings is 1. The molecule has 2 aromatic rings. The maximum Gasteiger partial charge on any atom is 0.220 e. The van der Waals surface area contributed by atoms with Gasteiger partial charge in [0.2, 0.25) is 23.0 Å². The van der Waals surface area contributed by atoms with Crippen molar-refractivity contribution in [1.29, 1.82) is 0 Å². The highest BCUT2D eigenvalue weighted by molar-refractivity contribution is 5.83. The summed E-state index contributed by atoms with van der Waals surface area (Å²) in [6.07, 6.45) is 4.22. The second-order valence-electron chi connectivity index (χ2n) is 10.5. The maximum absolute atomic E-state index is 13.4. The average molecular weight is 569 g/mol. The predicted molar refractivity (Wildman–Crippen MR) is 161 cm³/mol. The lowest BCUT2D eigenvalue weighted by Gasteiger charge is -2.19. The van der Waals surface area contributed by atoms with Gasteiger partial charge >= 0.3 is 0 Å². The molecule has 1 aliphatic rings. The van der Waals surface area contributed by atoms with E-state index >= 15 is 0 Å². The fourth-order valence-corrected chi connectivity index (χ4v) is 5.17. The first kappa shape index (κ1) is 31.7. The standard InChI is InChI=1S/C31H44N4O6/c1-20(36)34-24-13-11-21-18-27(39-4)30(40-5)31(41-6)29(21)22-12-14-25(26(37)19-23(22)24)32-15-9-7-8-10-28(38)33-16-17-35(2)3/h12,14,18-19,24H,7-11,13,15-17H2,1-6H3,(H,32,37)(H,33,38)(H,34,36)/t24-/m0/s1. The number of nitrogens with zero attached hydrogens (tertiary/aromatic N) is 1. The van der Waals surface area contributed by atoms with Gasteiger partial charge in [0, 0.05) is 38.5 Å². The smallest absolute Gasteiger partial charge is 0.220 e. The van der Waals surface area contributed by atoms with Gasteiger partial charge in [0.25, 0.3) is 0 Å². The molecule has 1 atom stereocenters. The summed E-state index contributed by atoms with van der Waals surface area (Å²) < 4.78 is 17.1. The molecule has 2 amide bonds. The molecule has 224 valence electrons. The normalized spacial score (nSPS) is 13.9. The van der Waals surface area contributed by atoms with Gasteiger partial charge < -0.3 is 35.1 Å². The zero-order valence-electron chi connectivity index (χ0n) is 25.1. The molecule has 0 heterocycles. The molecule has 0 saturated carbocycles. The van der Waals surface area contributed by atoms with E-state index in [2.05, 4.69) is 16.0 Å². The number of fused-ring (bicyclic) bond motifs is 3. The van der Waals surface area contributed by atoms with Crippen molar-refractivity contribution in [3.8, 4) is 28.4 Å². The molecule has 10 heteroatoms. The summed E-state index contributed by atoms with van der Waals surface area (Å²) in [6.45, 7) is 3.54. The third kappa shape index (κ3) is 8.36. The highest BCUT2D eigenvalue weighted by Gasteiger charge is 2.29. The Hall–Kier alpha value is -3.79.